The molecule has 0 aliphatic carbocycles. The molecule has 60 heavy (non-hydrogen) atoms. The molecule has 0 radical (unpaired) electrons. The van der Waals surface area contributed by atoms with Crippen LogP contribution in [0.25, 0.3) is 33.6 Å². The summed E-state index contributed by atoms with van der Waals surface area (Å²) < 4.78 is 13.6. The number of amides is 4. The summed E-state index contributed by atoms with van der Waals surface area (Å²) in [7, 11) is 5.79. The second-order valence-corrected chi connectivity index (χ2v) is 14.4. The molecule has 7 rings (SSSR count). The van der Waals surface area contributed by atoms with E-state index >= 15 is 0 Å². The van der Waals surface area contributed by atoms with E-state index in [-0.39, 0.29) is 30.4 Å². The molecule has 15 heteroatoms. The smallest absolute Gasteiger partial charge is 0.407 e. The highest BCUT2D eigenvalue weighted by Gasteiger charge is 2.37. The number of methoxy groups -OCH3 is 3. The van der Waals surface area contributed by atoms with Crippen molar-refractivity contribution in [1.29, 1.82) is 0 Å². The van der Waals surface area contributed by atoms with Crippen LogP contribution in [0.15, 0.2) is 91.3 Å². The van der Waals surface area contributed by atoms with Gasteiger partial charge in [0.2, 0.25) is 5.91 Å². The molecule has 2 aromatic heterocycles. The van der Waals surface area contributed by atoms with Crippen LogP contribution in [0.5, 0.6) is 0 Å². The number of likely N-dealkylation sites (tertiary alicyclic amines) is 2. The normalized spacial score (nSPS) is 16.1. The van der Waals surface area contributed by atoms with Gasteiger partial charge in [0.05, 0.1) is 50.1 Å². The van der Waals surface area contributed by atoms with E-state index < -0.39 is 18.2 Å². The third-order valence-electron chi connectivity index (χ3n) is 10.1. The molecule has 4 N–H and O–H groups in total. The Morgan fingerprint density at radius 1 is 0.683 bits per heavy atom. The van der Waals surface area contributed by atoms with Crippen LogP contribution >= 0.6 is 0 Å². The van der Waals surface area contributed by atoms with Crippen LogP contribution < -0.4 is 10.6 Å². The maximum Gasteiger partial charge on any atom is 0.407 e. The zero-order valence-electron chi connectivity index (χ0n) is 35.2. The van der Waals surface area contributed by atoms with E-state index in [1.54, 1.807) is 36.4 Å². The Hall–Kier alpha value is -6.48. The summed E-state index contributed by atoms with van der Waals surface area (Å²) in [6.07, 6.45) is 6.73. The maximum atomic E-state index is 13.8. The molecular formula is C45H56N8O7. The van der Waals surface area contributed by atoms with Crippen molar-refractivity contribution < 1.29 is 33.4 Å². The molecule has 2 saturated heterocycles. The van der Waals surface area contributed by atoms with E-state index in [2.05, 4.69) is 78.2 Å². The zero-order chi connectivity index (χ0) is 43.0. The summed E-state index contributed by atoms with van der Waals surface area (Å²) in [6.45, 7) is 5.28. The van der Waals surface area contributed by atoms with E-state index in [4.69, 9.17) is 4.74 Å². The summed E-state index contributed by atoms with van der Waals surface area (Å²) in [4.78, 5) is 69.9. The molecule has 2 fully saturated rings. The van der Waals surface area contributed by atoms with Crippen molar-refractivity contribution in [3.05, 3.63) is 108 Å². The number of ether oxygens (including phenoxy) is 3. The number of aromatic amines is 2. The number of benzene rings is 3. The van der Waals surface area contributed by atoms with Gasteiger partial charge in [-0.25, -0.2) is 19.6 Å². The number of alkyl carbamates (subject to hydrolysis) is 2. The molecule has 318 valence electrons. The van der Waals surface area contributed by atoms with Gasteiger partial charge in [0.1, 0.15) is 24.2 Å². The standard InChI is InChI=1S/C40H42N8O6.C3H8.C2H6O/c1-53-39(51)43-24-34(49)47-20-6-10-32(47)36-41-22-30(44-36)27-16-12-25(13-17-27)26-14-18-28(19-15-26)31-23-42-37(45-31)33-11-7-21-48(33)38(50)35(46-40(52)54-2)29-8-4-3-5-9-29;2*1-3-2/h3-5,8-9,12-19,22-23,32-33,35H,6-7,10-11,20-21,24H2,1-2H3,(H,41,44)(H,42,45)(H,43,51)(H,46,52);3H2,1-2H3;1-2H3. The number of nitrogens with one attached hydrogen (secondary N) is 4. The van der Waals surface area contributed by atoms with Crippen molar-refractivity contribution >= 4 is 24.0 Å². The highest BCUT2D eigenvalue weighted by atomic mass is 16.5. The number of aromatic nitrogens is 4. The Labute approximate surface area is 351 Å². The predicted molar refractivity (Wildman–Crippen MR) is 228 cm³/mol. The quantitative estimate of drug-likeness (QED) is 0.110. The Morgan fingerprint density at radius 2 is 1.13 bits per heavy atom. The van der Waals surface area contributed by atoms with Gasteiger partial charge in [0.15, 0.2) is 0 Å². The Kier molecular flexibility index (Phi) is 16.4. The number of carbonyl (C=O) groups excluding carboxylic acids is 4. The van der Waals surface area contributed by atoms with Crippen LogP contribution in [0.3, 0.4) is 0 Å². The summed E-state index contributed by atoms with van der Waals surface area (Å²) in [5.41, 5.74) is 6.41. The average molecular weight is 821 g/mol. The molecule has 4 amide bonds. The lowest BCUT2D eigenvalue weighted by Gasteiger charge is -2.28. The van der Waals surface area contributed by atoms with Crippen LogP contribution in [-0.4, -0.2) is 102 Å². The fourth-order valence-electron chi connectivity index (χ4n) is 7.25. The van der Waals surface area contributed by atoms with Crippen molar-refractivity contribution in [2.45, 2.75) is 64.1 Å². The molecule has 15 nitrogen and oxygen atoms in total. The van der Waals surface area contributed by atoms with Gasteiger partial charge in [0.25, 0.3) is 5.91 Å². The van der Waals surface area contributed by atoms with E-state index in [0.29, 0.717) is 24.5 Å². The molecule has 2 aliphatic rings. The number of imidazole rings is 2. The van der Waals surface area contributed by atoms with E-state index in [9.17, 15) is 19.2 Å². The zero-order valence-corrected chi connectivity index (χ0v) is 35.2. The highest BCUT2D eigenvalue weighted by Crippen LogP contribution is 2.35. The summed E-state index contributed by atoms with van der Waals surface area (Å²) >= 11 is 0. The molecular weight excluding hydrogens is 765 g/mol. The van der Waals surface area contributed by atoms with Crippen LogP contribution in [-0.2, 0) is 23.8 Å². The fourth-order valence-corrected chi connectivity index (χ4v) is 7.25. The van der Waals surface area contributed by atoms with Crippen LogP contribution in [0, 0.1) is 0 Å². The fraction of sp³-hybridized carbons (Fsp3) is 0.378. The first-order valence-corrected chi connectivity index (χ1v) is 20.2. The molecule has 0 spiro atoms. The van der Waals surface area contributed by atoms with Crippen LogP contribution in [0.4, 0.5) is 9.59 Å². The lowest BCUT2D eigenvalue weighted by atomic mass is 10.0. The summed E-state index contributed by atoms with van der Waals surface area (Å²) in [5, 5.41) is 5.16. The van der Waals surface area contributed by atoms with Crippen LogP contribution in [0.1, 0.15) is 81.3 Å². The first-order chi connectivity index (χ1) is 29.1. The topological polar surface area (TPSA) is 184 Å². The first-order valence-electron chi connectivity index (χ1n) is 20.2. The predicted octanol–water partition coefficient (Wildman–Crippen LogP) is 7.59. The lowest BCUT2D eigenvalue weighted by Crippen LogP contribution is -2.42. The van der Waals surface area contributed by atoms with Gasteiger partial charge in [-0.05, 0) is 53.5 Å². The Bertz CT molecular complexity index is 2130. The first kappa shape index (κ1) is 44.6. The molecule has 4 heterocycles. The minimum Gasteiger partial charge on any atom is -0.453 e. The molecule has 3 aromatic carbocycles. The van der Waals surface area contributed by atoms with Gasteiger partial charge < -0.3 is 44.6 Å². The second-order valence-electron chi connectivity index (χ2n) is 14.4. The van der Waals surface area contributed by atoms with Crippen molar-refractivity contribution in [3.63, 3.8) is 0 Å². The number of carbonyl (C=O) groups is 4. The monoisotopic (exact) mass is 820 g/mol. The summed E-state index contributed by atoms with van der Waals surface area (Å²) in [6, 6.07) is 24.3. The number of nitrogens with zero attached hydrogens (tertiary/aromatic N) is 4. The van der Waals surface area contributed by atoms with Gasteiger partial charge in [-0.2, -0.15) is 0 Å². The minimum absolute atomic E-state index is 0.127. The summed E-state index contributed by atoms with van der Waals surface area (Å²) in [5.74, 6) is 1.02. The lowest BCUT2D eigenvalue weighted by molar-refractivity contribution is -0.134. The largest absolute Gasteiger partial charge is 0.453 e. The second kappa shape index (κ2) is 22.0. The van der Waals surface area contributed by atoms with Crippen molar-refractivity contribution in [2.75, 3.05) is 48.1 Å². The van der Waals surface area contributed by atoms with Crippen LogP contribution in [0.2, 0.25) is 0 Å². The average Bonchev–Trinajstić information content (AvgIpc) is 4.13. The van der Waals surface area contributed by atoms with Gasteiger partial charge >= 0.3 is 12.2 Å². The van der Waals surface area contributed by atoms with Crippen molar-refractivity contribution in [1.82, 2.24) is 40.4 Å². The van der Waals surface area contributed by atoms with Gasteiger partial charge in [0, 0.05) is 27.3 Å². The van der Waals surface area contributed by atoms with E-state index in [0.717, 1.165) is 65.1 Å². The number of H-pyrrole nitrogens is 2. The van der Waals surface area contributed by atoms with Crippen molar-refractivity contribution in [3.8, 4) is 33.6 Å². The SMILES string of the molecule is CCC.COC.COC(=O)NCC(=O)N1CCCC1c1ncc(-c2ccc(-c3ccc(-c4cnc(C5CCCN5C(=O)C(NC(=O)OC)c5ccccc5)[nH]4)cc3)cc2)[nH]1. The molecule has 0 bridgehead atoms. The van der Waals surface area contributed by atoms with Gasteiger partial charge in [-0.15, -0.1) is 0 Å². The van der Waals surface area contributed by atoms with E-state index in [1.807, 2.05) is 54.6 Å². The molecule has 3 unspecified atom stereocenters. The molecule has 5 aromatic rings. The molecule has 0 saturated carbocycles. The highest BCUT2D eigenvalue weighted by molar-refractivity contribution is 5.87. The van der Waals surface area contributed by atoms with Gasteiger partial charge in [-0.1, -0.05) is 99.1 Å². The number of hydrogen-bond donors (Lipinski definition) is 4. The Morgan fingerprint density at radius 3 is 1.62 bits per heavy atom. The Balaban J connectivity index is 0.00000107. The number of hydrogen-bond acceptors (Lipinski definition) is 9. The third kappa shape index (κ3) is 11.2. The molecule has 2 aliphatic heterocycles. The third-order valence-corrected chi connectivity index (χ3v) is 10.1. The van der Waals surface area contributed by atoms with E-state index in [1.165, 1.54) is 20.6 Å². The molecule has 3 atom stereocenters. The number of rotatable bonds is 10. The maximum absolute atomic E-state index is 13.8. The van der Waals surface area contributed by atoms with Gasteiger partial charge in [-0.3, -0.25) is 9.59 Å². The van der Waals surface area contributed by atoms with Crippen molar-refractivity contribution in [2.24, 2.45) is 0 Å². The minimum atomic E-state index is -0.878.